The van der Waals surface area contributed by atoms with E-state index in [-0.39, 0.29) is 4.90 Å². The lowest BCUT2D eigenvalue weighted by Crippen LogP contribution is -2.12. The molecule has 2 aromatic carbocycles. The fourth-order valence-corrected chi connectivity index (χ4v) is 3.26. The summed E-state index contributed by atoms with van der Waals surface area (Å²) in [5.74, 6) is 0. The number of benzene rings is 2. The molecule has 2 N–H and O–H groups in total. The number of nitrogens with zero attached hydrogens (tertiary/aromatic N) is 1. The van der Waals surface area contributed by atoms with E-state index in [1.165, 1.54) is 12.1 Å². The molecule has 0 saturated heterocycles. The smallest absolute Gasteiger partial charge is 0.238 e. The summed E-state index contributed by atoms with van der Waals surface area (Å²) in [6.07, 6.45) is 0. The highest BCUT2D eigenvalue weighted by Crippen LogP contribution is 2.25. The molecule has 0 saturated carbocycles. The van der Waals surface area contributed by atoms with Gasteiger partial charge in [0.2, 0.25) is 10.0 Å². The second kappa shape index (κ2) is 6.43. The average Bonchev–Trinajstić information content (AvgIpc) is 2.89. The van der Waals surface area contributed by atoms with Gasteiger partial charge in [-0.3, -0.25) is 0 Å². The van der Waals surface area contributed by atoms with Gasteiger partial charge in [0.25, 0.3) is 0 Å². The maximum Gasteiger partial charge on any atom is 0.238 e. The summed E-state index contributed by atoms with van der Waals surface area (Å²) in [5.41, 5.74) is 4.28. The van der Waals surface area contributed by atoms with Gasteiger partial charge in [0, 0.05) is 23.0 Å². The fourth-order valence-electron chi connectivity index (χ4n) is 2.62. The molecule has 6 heteroatoms. The molecule has 0 fully saturated rings. The number of hydrogen-bond acceptors (Lipinski definition) is 2. The SMILES string of the molecule is Cc1ccc(-c2ccc(Cl)cc2)n1Cc1ccc(S(N)(=O)=O)cc1. The number of aryl methyl sites for hydroxylation is 1. The predicted molar refractivity (Wildman–Crippen MR) is 96.5 cm³/mol. The Hall–Kier alpha value is -2.08. The van der Waals surface area contributed by atoms with Gasteiger partial charge in [0.1, 0.15) is 0 Å². The Balaban J connectivity index is 1.93. The third-order valence-electron chi connectivity index (χ3n) is 3.93. The minimum Gasteiger partial charge on any atom is -0.340 e. The Bertz CT molecular complexity index is 959. The molecule has 3 rings (SSSR count). The van der Waals surface area contributed by atoms with E-state index in [9.17, 15) is 8.42 Å². The highest BCUT2D eigenvalue weighted by Gasteiger charge is 2.10. The molecule has 0 aliphatic rings. The first-order valence-corrected chi connectivity index (χ1v) is 9.31. The lowest BCUT2D eigenvalue weighted by Gasteiger charge is -2.13. The molecule has 0 spiro atoms. The van der Waals surface area contributed by atoms with E-state index in [1.807, 2.05) is 31.2 Å². The highest BCUT2D eigenvalue weighted by atomic mass is 35.5. The van der Waals surface area contributed by atoms with Crippen molar-refractivity contribution in [3.63, 3.8) is 0 Å². The lowest BCUT2D eigenvalue weighted by atomic mass is 10.1. The Morgan fingerprint density at radius 2 is 1.58 bits per heavy atom. The largest absolute Gasteiger partial charge is 0.340 e. The van der Waals surface area contributed by atoms with Crippen molar-refractivity contribution in [2.24, 2.45) is 5.14 Å². The normalized spacial score (nSPS) is 11.6. The van der Waals surface area contributed by atoms with Crippen LogP contribution in [0.25, 0.3) is 11.3 Å². The van der Waals surface area contributed by atoms with Gasteiger partial charge in [-0.05, 0) is 54.4 Å². The van der Waals surface area contributed by atoms with Crippen molar-refractivity contribution < 1.29 is 8.42 Å². The number of hydrogen-bond donors (Lipinski definition) is 1. The number of nitrogens with two attached hydrogens (primary N) is 1. The molecule has 124 valence electrons. The second-order valence-electron chi connectivity index (χ2n) is 5.64. The second-order valence-corrected chi connectivity index (χ2v) is 7.64. The molecule has 1 aromatic heterocycles. The molecule has 0 atom stereocenters. The van der Waals surface area contributed by atoms with Crippen LogP contribution in [0.4, 0.5) is 0 Å². The Morgan fingerprint density at radius 3 is 2.17 bits per heavy atom. The van der Waals surface area contributed by atoms with E-state index in [1.54, 1.807) is 12.1 Å². The van der Waals surface area contributed by atoms with Crippen LogP contribution in [0.1, 0.15) is 11.3 Å². The third kappa shape index (κ3) is 3.53. The number of rotatable bonds is 4. The van der Waals surface area contributed by atoms with Crippen LogP contribution in [0.2, 0.25) is 5.02 Å². The van der Waals surface area contributed by atoms with Crippen molar-refractivity contribution >= 4 is 21.6 Å². The summed E-state index contributed by atoms with van der Waals surface area (Å²) < 4.78 is 24.9. The molecule has 0 aliphatic heterocycles. The summed E-state index contributed by atoms with van der Waals surface area (Å²) >= 11 is 5.96. The van der Waals surface area contributed by atoms with E-state index in [2.05, 4.69) is 16.7 Å². The van der Waals surface area contributed by atoms with E-state index in [0.717, 1.165) is 22.5 Å². The topological polar surface area (TPSA) is 65.1 Å². The molecular formula is C18H17ClN2O2S. The summed E-state index contributed by atoms with van der Waals surface area (Å²) in [6, 6.07) is 18.5. The van der Waals surface area contributed by atoms with Crippen LogP contribution in [0, 0.1) is 6.92 Å². The zero-order valence-corrected chi connectivity index (χ0v) is 14.7. The summed E-state index contributed by atoms with van der Waals surface area (Å²) in [4.78, 5) is 0.119. The molecule has 3 aromatic rings. The standard InChI is InChI=1S/C18H17ClN2O2S/c1-13-2-11-18(15-5-7-16(19)8-6-15)21(13)12-14-3-9-17(10-4-14)24(20,22)23/h2-11H,12H2,1H3,(H2,20,22,23). The zero-order valence-electron chi connectivity index (χ0n) is 13.1. The van der Waals surface area contributed by atoms with Crippen LogP contribution in [0.5, 0.6) is 0 Å². The maximum absolute atomic E-state index is 11.3. The molecule has 0 aliphatic carbocycles. The van der Waals surface area contributed by atoms with Crippen molar-refractivity contribution in [2.45, 2.75) is 18.4 Å². The van der Waals surface area contributed by atoms with Gasteiger partial charge in [-0.15, -0.1) is 0 Å². The number of sulfonamides is 1. The molecule has 1 heterocycles. The zero-order chi connectivity index (χ0) is 17.3. The van der Waals surface area contributed by atoms with Crippen molar-refractivity contribution in [1.29, 1.82) is 0 Å². The minimum absolute atomic E-state index is 0.119. The number of primary sulfonamides is 1. The maximum atomic E-state index is 11.3. The number of halogens is 1. The average molecular weight is 361 g/mol. The number of aromatic nitrogens is 1. The van der Waals surface area contributed by atoms with Crippen molar-refractivity contribution in [2.75, 3.05) is 0 Å². The molecule has 4 nitrogen and oxygen atoms in total. The van der Waals surface area contributed by atoms with Gasteiger partial charge < -0.3 is 4.57 Å². The third-order valence-corrected chi connectivity index (χ3v) is 5.11. The summed E-state index contributed by atoms with van der Waals surface area (Å²) in [7, 11) is -3.66. The minimum atomic E-state index is -3.66. The van der Waals surface area contributed by atoms with Gasteiger partial charge in [-0.2, -0.15) is 0 Å². The molecule has 0 amide bonds. The van der Waals surface area contributed by atoms with Crippen molar-refractivity contribution in [3.8, 4) is 11.3 Å². The Kier molecular flexibility index (Phi) is 4.49. The summed E-state index contributed by atoms with van der Waals surface area (Å²) in [6.45, 7) is 2.68. The van der Waals surface area contributed by atoms with Crippen LogP contribution in [-0.4, -0.2) is 13.0 Å². The van der Waals surface area contributed by atoms with Crippen LogP contribution in [0.3, 0.4) is 0 Å². The van der Waals surface area contributed by atoms with E-state index < -0.39 is 10.0 Å². The van der Waals surface area contributed by atoms with Gasteiger partial charge in [-0.1, -0.05) is 35.9 Å². The van der Waals surface area contributed by atoms with E-state index >= 15 is 0 Å². The van der Waals surface area contributed by atoms with Gasteiger partial charge in [0.05, 0.1) is 4.90 Å². The predicted octanol–water partition coefficient (Wildman–Crippen LogP) is 3.81. The van der Waals surface area contributed by atoms with E-state index in [0.29, 0.717) is 11.6 Å². The molecule has 0 unspecified atom stereocenters. The van der Waals surface area contributed by atoms with Crippen LogP contribution in [0.15, 0.2) is 65.6 Å². The van der Waals surface area contributed by atoms with Gasteiger partial charge in [0.15, 0.2) is 0 Å². The molecule has 24 heavy (non-hydrogen) atoms. The van der Waals surface area contributed by atoms with Crippen LogP contribution < -0.4 is 5.14 Å². The molecule has 0 radical (unpaired) electrons. The monoisotopic (exact) mass is 360 g/mol. The summed E-state index contributed by atoms with van der Waals surface area (Å²) in [5, 5.41) is 5.84. The first kappa shape index (κ1) is 16.8. The first-order valence-electron chi connectivity index (χ1n) is 7.38. The molecule has 0 bridgehead atoms. The van der Waals surface area contributed by atoms with Gasteiger partial charge >= 0.3 is 0 Å². The lowest BCUT2D eigenvalue weighted by molar-refractivity contribution is 0.597. The van der Waals surface area contributed by atoms with Gasteiger partial charge in [-0.25, -0.2) is 13.6 Å². The van der Waals surface area contributed by atoms with Crippen molar-refractivity contribution in [3.05, 3.63) is 76.9 Å². The fraction of sp³-hybridized carbons (Fsp3) is 0.111. The Morgan fingerprint density at radius 1 is 0.958 bits per heavy atom. The first-order chi connectivity index (χ1) is 11.3. The van der Waals surface area contributed by atoms with Crippen LogP contribution in [-0.2, 0) is 16.6 Å². The molecular weight excluding hydrogens is 344 g/mol. The van der Waals surface area contributed by atoms with Crippen LogP contribution >= 0.6 is 11.6 Å². The Labute approximate surface area is 146 Å². The van der Waals surface area contributed by atoms with E-state index in [4.69, 9.17) is 16.7 Å². The quantitative estimate of drug-likeness (QED) is 0.768. The highest BCUT2D eigenvalue weighted by molar-refractivity contribution is 7.89. The van der Waals surface area contributed by atoms with Crippen molar-refractivity contribution in [1.82, 2.24) is 4.57 Å².